The summed E-state index contributed by atoms with van der Waals surface area (Å²) in [5.74, 6) is 1.43. The number of aromatic hydroxyl groups is 1. The number of hydrogen-bond donors (Lipinski definition) is 1. The lowest BCUT2D eigenvalue weighted by atomic mass is 9.43. The van der Waals surface area contributed by atoms with Crippen LogP contribution in [0.4, 0.5) is 0 Å². The second-order valence-corrected chi connectivity index (χ2v) is 12.9. The van der Waals surface area contributed by atoms with Crippen molar-refractivity contribution >= 4 is 5.91 Å². The highest BCUT2D eigenvalue weighted by Crippen LogP contribution is 2.75. The predicted octanol–water partition coefficient (Wildman–Crippen LogP) is 3.94. The van der Waals surface area contributed by atoms with Gasteiger partial charge in [0.15, 0.2) is 0 Å². The molecule has 6 aliphatic rings. The molecule has 4 aliphatic carbocycles. The first kappa shape index (κ1) is 22.4. The van der Waals surface area contributed by atoms with Gasteiger partial charge in [0.1, 0.15) is 5.75 Å². The number of phenolic OH excluding ortho intramolecular Hbond substituents is 1. The third kappa shape index (κ3) is 2.65. The van der Waals surface area contributed by atoms with Crippen LogP contribution in [0.25, 0.3) is 0 Å². The van der Waals surface area contributed by atoms with E-state index >= 15 is 0 Å². The maximum Gasteiger partial charge on any atom is 0.255 e. The minimum atomic E-state index is -0.0541. The molecule has 37 heavy (non-hydrogen) atoms. The van der Waals surface area contributed by atoms with Crippen LogP contribution in [0.15, 0.2) is 41.3 Å². The first-order valence-corrected chi connectivity index (χ1v) is 14.6. The molecule has 4 bridgehead atoms. The lowest BCUT2D eigenvalue weighted by molar-refractivity contribution is -0.122. The van der Waals surface area contributed by atoms with Crippen molar-refractivity contribution < 1.29 is 9.90 Å². The number of pyridine rings is 1. The molecule has 3 heterocycles. The molecule has 5 fully saturated rings. The number of phenols is 1. The molecule has 0 radical (unpaired) electrons. The van der Waals surface area contributed by atoms with Crippen molar-refractivity contribution in [3.05, 3.63) is 63.6 Å². The van der Waals surface area contributed by atoms with Crippen molar-refractivity contribution in [1.82, 2.24) is 14.4 Å². The smallest absolute Gasteiger partial charge is 0.255 e. The number of likely N-dealkylation sites (tertiary alicyclic amines) is 2. The number of rotatable bonds is 3. The predicted molar refractivity (Wildman–Crippen MR) is 141 cm³/mol. The Bertz CT molecular complexity index is 1360. The zero-order chi connectivity index (χ0) is 25.1. The molecule has 2 saturated heterocycles. The highest BCUT2D eigenvalue weighted by Gasteiger charge is 2.76. The second-order valence-electron chi connectivity index (χ2n) is 12.9. The third-order valence-electron chi connectivity index (χ3n) is 11.9. The molecular formula is C31H37N3O3. The SMILES string of the molecule is CCn1cc(C(=O)N2C[C@H]3CC45CCC2C3C42CCN(C3CCC3)C5Cc3ccc(O)cc32)ccc1=O. The molecule has 6 heteroatoms. The van der Waals surface area contributed by atoms with Crippen LogP contribution in [-0.2, 0) is 18.4 Å². The van der Waals surface area contributed by atoms with Crippen LogP contribution in [0, 0.1) is 17.3 Å². The molecule has 2 aliphatic heterocycles. The Morgan fingerprint density at radius 3 is 2.78 bits per heavy atom. The first-order valence-electron chi connectivity index (χ1n) is 14.6. The molecule has 1 aromatic carbocycles. The normalized spacial score (nSPS) is 37.7. The van der Waals surface area contributed by atoms with Crippen molar-refractivity contribution in [2.75, 3.05) is 13.1 Å². The highest BCUT2D eigenvalue weighted by atomic mass is 16.3. The van der Waals surface area contributed by atoms with Crippen LogP contribution in [0.2, 0.25) is 0 Å². The molecule has 3 saturated carbocycles. The summed E-state index contributed by atoms with van der Waals surface area (Å²) >= 11 is 0. The zero-order valence-electron chi connectivity index (χ0n) is 21.7. The van der Waals surface area contributed by atoms with E-state index in [4.69, 9.17) is 0 Å². The number of piperidine rings is 1. The molecule has 1 N–H and O–H groups in total. The summed E-state index contributed by atoms with van der Waals surface area (Å²) in [7, 11) is 0. The number of aromatic nitrogens is 1. The number of aryl methyl sites for hydroxylation is 1. The summed E-state index contributed by atoms with van der Waals surface area (Å²) < 4.78 is 1.63. The number of amides is 1. The first-order chi connectivity index (χ1) is 18.0. The van der Waals surface area contributed by atoms with Gasteiger partial charge in [0, 0.05) is 48.9 Å². The lowest BCUT2D eigenvalue weighted by Gasteiger charge is -2.68. The van der Waals surface area contributed by atoms with Gasteiger partial charge in [0.05, 0.1) is 5.56 Å². The molecule has 6 nitrogen and oxygen atoms in total. The number of hydrogen-bond acceptors (Lipinski definition) is 4. The summed E-state index contributed by atoms with van der Waals surface area (Å²) in [4.78, 5) is 31.2. The van der Waals surface area contributed by atoms with Crippen LogP contribution in [0.5, 0.6) is 5.75 Å². The summed E-state index contributed by atoms with van der Waals surface area (Å²) in [5, 5.41) is 10.7. The summed E-state index contributed by atoms with van der Waals surface area (Å²) in [6.45, 7) is 4.49. The Balaban J connectivity index is 1.23. The van der Waals surface area contributed by atoms with E-state index in [9.17, 15) is 14.7 Å². The van der Waals surface area contributed by atoms with E-state index in [1.54, 1.807) is 22.9 Å². The van der Waals surface area contributed by atoms with Gasteiger partial charge in [0.25, 0.3) is 11.5 Å². The van der Waals surface area contributed by atoms with Crippen LogP contribution < -0.4 is 5.56 Å². The Morgan fingerprint density at radius 2 is 2.00 bits per heavy atom. The van der Waals surface area contributed by atoms with Gasteiger partial charge in [-0.1, -0.05) is 12.5 Å². The third-order valence-corrected chi connectivity index (χ3v) is 11.9. The Labute approximate surface area is 218 Å². The lowest BCUT2D eigenvalue weighted by Crippen LogP contribution is -2.71. The van der Waals surface area contributed by atoms with Gasteiger partial charge in [-0.25, -0.2) is 0 Å². The number of carbonyl (C=O) groups excluding carboxylic acids is 1. The van der Waals surface area contributed by atoms with Crippen LogP contribution in [0.3, 0.4) is 0 Å². The quantitative estimate of drug-likeness (QED) is 0.695. The standard InChI is InChI=1S/C31H37N3O3/c1-2-32-17-20(7-9-27(32)36)29(37)34-18-21-16-30-11-10-25(34)28(21)31(30)12-13-33(22-4-3-5-22)26(30)14-19-6-8-23(35)15-24(19)31/h6-9,15,17,21-22,25-26,28,35H,2-5,10-14,16,18H2,1H3/t21-,25?,26?,28?,30?,31?/m1/s1. The van der Waals surface area contributed by atoms with E-state index in [-0.39, 0.29) is 28.3 Å². The van der Waals surface area contributed by atoms with Crippen LogP contribution >= 0.6 is 0 Å². The van der Waals surface area contributed by atoms with E-state index in [0.29, 0.717) is 35.7 Å². The average Bonchev–Trinajstić information content (AvgIpc) is 3.31. The van der Waals surface area contributed by atoms with Crippen molar-refractivity contribution in [2.45, 2.75) is 88.4 Å². The van der Waals surface area contributed by atoms with Gasteiger partial charge in [0.2, 0.25) is 0 Å². The van der Waals surface area contributed by atoms with Gasteiger partial charge in [-0.3, -0.25) is 14.5 Å². The molecule has 5 unspecified atom stereocenters. The highest BCUT2D eigenvalue weighted by molar-refractivity contribution is 5.94. The van der Waals surface area contributed by atoms with Gasteiger partial charge in [-0.2, -0.15) is 0 Å². The molecule has 2 aromatic rings. The van der Waals surface area contributed by atoms with Crippen molar-refractivity contribution in [3.8, 4) is 5.75 Å². The molecule has 194 valence electrons. The number of fused-ring (bicyclic) bond motifs is 1. The maximum absolute atomic E-state index is 13.9. The van der Waals surface area contributed by atoms with Gasteiger partial charge in [-0.15, -0.1) is 0 Å². The van der Waals surface area contributed by atoms with E-state index in [1.807, 2.05) is 13.0 Å². The van der Waals surface area contributed by atoms with Gasteiger partial charge in [-0.05, 0) is 105 Å². The van der Waals surface area contributed by atoms with Crippen molar-refractivity contribution in [1.29, 1.82) is 0 Å². The van der Waals surface area contributed by atoms with E-state index in [2.05, 4.69) is 21.9 Å². The molecule has 0 spiro atoms. The second kappa shape index (κ2) is 7.49. The van der Waals surface area contributed by atoms with Gasteiger partial charge >= 0.3 is 0 Å². The summed E-state index contributed by atoms with van der Waals surface area (Å²) in [6, 6.07) is 11.0. The molecular weight excluding hydrogens is 462 g/mol. The van der Waals surface area contributed by atoms with Crippen LogP contribution in [-0.4, -0.2) is 56.6 Å². The van der Waals surface area contributed by atoms with Crippen molar-refractivity contribution in [2.24, 2.45) is 17.3 Å². The Kier molecular flexibility index (Phi) is 4.53. The maximum atomic E-state index is 13.9. The number of nitrogens with zero attached hydrogens (tertiary/aromatic N) is 3. The molecule has 8 rings (SSSR count). The summed E-state index contributed by atoms with van der Waals surface area (Å²) in [5.41, 5.74) is 3.73. The molecule has 1 aromatic heterocycles. The molecule has 1 amide bonds. The topological polar surface area (TPSA) is 65.8 Å². The van der Waals surface area contributed by atoms with E-state index < -0.39 is 0 Å². The molecule has 6 atom stereocenters. The van der Waals surface area contributed by atoms with E-state index in [0.717, 1.165) is 38.4 Å². The Morgan fingerprint density at radius 1 is 1.14 bits per heavy atom. The van der Waals surface area contributed by atoms with Crippen LogP contribution in [0.1, 0.15) is 73.4 Å². The minimum Gasteiger partial charge on any atom is -0.508 e. The fraction of sp³-hybridized carbons (Fsp3) is 0.613. The van der Waals surface area contributed by atoms with Crippen molar-refractivity contribution in [3.63, 3.8) is 0 Å². The van der Waals surface area contributed by atoms with Gasteiger partial charge < -0.3 is 14.6 Å². The summed E-state index contributed by atoms with van der Waals surface area (Å²) in [6.07, 6.45) is 11.5. The number of carbonyl (C=O) groups is 1. The Hall–Kier alpha value is -2.60. The monoisotopic (exact) mass is 499 g/mol. The average molecular weight is 500 g/mol. The zero-order valence-corrected chi connectivity index (χ0v) is 21.7. The fourth-order valence-electron chi connectivity index (χ4n) is 10.5. The fourth-order valence-corrected chi connectivity index (χ4v) is 10.5. The largest absolute Gasteiger partial charge is 0.508 e. The van der Waals surface area contributed by atoms with E-state index in [1.165, 1.54) is 43.2 Å². The number of benzene rings is 1. The minimum absolute atomic E-state index is 0.0507.